The summed E-state index contributed by atoms with van der Waals surface area (Å²) in [6.45, 7) is 0. The average molecular weight is 1110 g/mol. The van der Waals surface area contributed by atoms with Crippen LogP contribution in [-0.4, -0.2) is 0 Å². The maximum absolute atomic E-state index is 2.63. The van der Waals surface area contributed by atoms with Crippen molar-refractivity contribution in [3.8, 4) is 66.8 Å². The van der Waals surface area contributed by atoms with Gasteiger partial charge in [-0.15, -0.1) is 0 Å². The van der Waals surface area contributed by atoms with Crippen molar-refractivity contribution >= 4 is 49.4 Å². The fourth-order valence-corrected chi connectivity index (χ4v) is 18.6. The predicted molar refractivity (Wildman–Crippen MR) is 363 cm³/mol. The third-order valence-corrected chi connectivity index (χ3v) is 21.7. The highest BCUT2D eigenvalue weighted by atomic mass is 15.1. The molecule has 0 atom stereocenters. The monoisotopic (exact) mass is 1110 g/mol. The Morgan fingerprint density at radius 3 is 0.682 bits per heavy atom. The van der Waals surface area contributed by atoms with E-state index in [1.54, 1.807) is 0 Å². The van der Waals surface area contributed by atoms with Crippen LogP contribution in [-0.2, 0) is 16.2 Å². The average Bonchev–Trinajstić information content (AvgIpc) is 1.53. The molecule has 404 valence electrons. The van der Waals surface area contributed by atoms with Gasteiger partial charge in [0.05, 0.1) is 16.2 Å². The molecular weight excluding hydrogens is 1060 g/mol. The van der Waals surface area contributed by atoms with Crippen LogP contribution in [0.4, 0.5) is 17.1 Å². The fourth-order valence-electron chi connectivity index (χ4n) is 18.6. The minimum Gasteiger partial charge on any atom is -0.310 e. The van der Waals surface area contributed by atoms with Crippen LogP contribution in [0.3, 0.4) is 0 Å². The number of benzene rings is 15. The summed E-state index contributed by atoms with van der Waals surface area (Å²) >= 11 is 0. The number of rotatable bonds is 3. The summed E-state index contributed by atoms with van der Waals surface area (Å²) in [5.41, 5.74) is 33.2. The van der Waals surface area contributed by atoms with E-state index in [0.717, 1.165) is 17.1 Å². The van der Waals surface area contributed by atoms with E-state index in [1.165, 1.54) is 166 Å². The van der Waals surface area contributed by atoms with Gasteiger partial charge in [0, 0.05) is 17.1 Å². The lowest BCUT2D eigenvalue weighted by Crippen LogP contribution is -2.27. The van der Waals surface area contributed by atoms with Gasteiger partial charge >= 0.3 is 0 Å². The van der Waals surface area contributed by atoms with Crippen LogP contribution in [0.5, 0.6) is 0 Å². The van der Waals surface area contributed by atoms with E-state index < -0.39 is 16.2 Å². The van der Waals surface area contributed by atoms with Crippen molar-refractivity contribution in [3.63, 3.8) is 0 Å². The lowest BCUT2D eigenvalue weighted by Gasteiger charge is -2.34. The molecule has 1 nitrogen and oxygen atoms in total. The smallest absolute Gasteiger partial charge is 0.0726 e. The molecule has 0 heterocycles. The van der Waals surface area contributed by atoms with Crippen molar-refractivity contribution in [1.29, 1.82) is 0 Å². The third-order valence-electron chi connectivity index (χ3n) is 21.7. The van der Waals surface area contributed by atoms with Gasteiger partial charge in [0.2, 0.25) is 0 Å². The zero-order chi connectivity index (χ0) is 57.2. The Labute approximate surface area is 510 Å². The second-order valence-electron chi connectivity index (χ2n) is 25.2. The molecule has 0 bridgehead atoms. The first kappa shape index (κ1) is 47.2. The van der Waals surface area contributed by atoms with Crippen molar-refractivity contribution in [2.75, 3.05) is 4.90 Å². The summed E-state index contributed by atoms with van der Waals surface area (Å²) in [6.07, 6.45) is 0. The van der Waals surface area contributed by atoms with Gasteiger partial charge in [-0.3, -0.25) is 0 Å². The van der Waals surface area contributed by atoms with Crippen LogP contribution in [0.25, 0.3) is 99.1 Å². The van der Waals surface area contributed by atoms with Gasteiger partial charge in [0.25, 0.3) is 0 Å². The van der Waals surface area contributed by atoms with Crippen LogP contribution in [0, 0.1) is 0 Å². The number of hydrogen-bond donors (Lipinski definition) is 0. The first-order chi connectivity index (χ1) is 43.7. The lowest BCUT2D eigenvalue weighted by molar-refractivity contribution is 0.792. The molecular formula is C87H51N. The van der Waals surface area contributed by atoms with Gasteiger partial charge in [-0.2, -0.15) is 0 Å². The van der Waals surface area contributed by atoms with Crippen LogP contribution < -0.4 is 4.90 Å². The molecule has 15 aromatic rings. The molecule has 88 heavy (non-hydrogen) atoms. The SMILES string of the molecule is c1ccc2c(c1)-c1ccccc1C21c2cc(N(c3ccc4c(c3)C3(c5ccccc5-c5ccccc53)c3ccc5ccccc5c3-4)c3ccc4c(c3)C3(c5ccccc5-c5ccccc53)c3ccc5ccccc5c3-4)ccc2-c2c1ccc1ccccc21. The van der Waals surface area contributed by atoms with Gasteiger partial charge in [-0.25, -0.2) is 0 Å². The summed E-state index contributed by atoms with van der Waals surface area (Å²) in [5, 5.41) is 7.60. The Morgan fingerprint density at radius 2 is 0.409 bits per heavy atom. The van der Waals surface area contributed by atoms with E-state index in [9.17, 15) is 0 Å². The molecule has 0 aliphatic heterocycles. The highest BCUT2D eigenvalue weighted by molar-refractivity contribution is 6.11. The Bertz CT molecular complexity index is 4980. The normalized spacial score (nSPS) is 14.9. The van der Waals surface area contributed by atoms with E-state index in [0.29, 0.717) is 0 Å². The second-order valence-corrected chi connectivity index (χ2v) is 25.2. The Balaban J connectivity index is 0.889. The Morgan fingerprint density at radius 1 is 0.170 bits per heavy atom. The van der Waals surface area contributed by atoms with Crippen LogP contribution in [0.2, 0.25) is 0 Å². The number of hydrogen-bond acceptors (Lipinski definition) is 1. The molecule has 0 saturated carbocycles. The summed E-state index contributed by atoms with van der Waals surface area (Å²) in [5.74, 6) is 0. The molecule has 0 aromatic heterocycles. The van der Waals surface area contributed by atoms with Crippen LogP contribution in [0.15, 0.2) is 309 Å². The maximum Gasteiger partial charge on any atom is 0.0726 e. The molecule has 6 aliphatic rings. The van der Waals surface area contributed by atoms with Crippen molar-refractivity contribution in [2.45, 2.75) is 16.2 Å². The molecule has 1 heteroatoms. The van der Waals surface area contributed by atoms with Gasteiger partial charge < -0.3 is 4.90 Å². The molecule has 0 unspecified atom stereocenters. The molecule has 0 saturated heterocycles. The highest BCUT2D eigenvalue weighted by Crippen LogP contribution is 2.69. The van der Waals surface area contributed by atoms with Gasteiger partial charge in [0.1, 0.15) is 0 Å². The van der Waals surface area contributed by atoms with E-state index in [2.05, 4.69) is 314 Å². The Hall–Kier alpha value is -11.1. The third kappa shape index (κ3) is 5.45. The topological polar surface area (TPSA) is 3.24 Å². The van der Waals surface area contributed by atoms with Gasteiger partial charge in [0.15, 0.2) is 0 Å². The zero-order valence-electron chi connectivity index (χ0n) is 47.9. The van der Waals surface area contributed by atoms with Crippen molar-refractivity contribution in [1.82, 2.24) is 0 Å². The van der Waals surface area contributed by atoms with Crippen molar-refractivity contribution in [2.24, 2.45) is 0 Å². The maximum atomic E-state index is 2.63. The fraction of sp³-hybridized carbons (Fsp3) is 0.0345. The quantitative estimate of drug-likeness (QED) is 0.170. The van der Waals surface area contributed by atoms with E-state index in [-0.39, 0.29) is 0 Å². The summed E-state index contributed by atoms with van der Waals surface area (Å²) in [6, 6.07) is 119. The van der Waals surface area contributed by atoms with E-state index in [4.69, 9.17) is 0 Å². The molecule has 3 spiro atoms. The van der Waals surface area contributed by atoms with Crippen molar-refractivity contribution < 1.29 is 0 Å². The van der Waals surface area contributed by atoms with Gasteiger partial charge in [-0.1, -0.05) is 273 Å². The van der Waals surface area contributed by atoms with Crippen LogP contribution >= 0.6 is 0 Å². The molecule has 15 aromatic carbocycles. The predicted octanol–water partition coefficient (Wildman–Crippen LogP) is 21.6. The minimum atomic E-state index is -0.576. The highest BCUT2D eigenvalue weighted by Gasteiger charge is 2.56. The summed E-state index contributed by atoms with van der Waals surface area (Å²) < 4.78 is 0. The molecule has 21 rings (SSSR count). The van der Waals surface area contributed by atoms with Crippen LogP contribution in [0.1, 0.15) is 66.8 Å². The Kier molecular flexibility index (Phi) is 8.92. The molecule has 0 N–H and O–H groups in total. The largest absolute Gasteiger partial charge is 0.310 e. The van der Waals surface area contributed by atoms with Crippen molar-refractivity contribution in [3.05, 3.63) is 376 Å². The first-order valence-corrected chi connectivity index (χ1v) is 31.1. The molecule has 0 amide bonds. The number of nitrogens with zero attached hydrogens (tertiary/aromatic N) is 1. The lowest BCUT2D eigenvalue weighted by atomic mass is 9.70. The summed E-state index contributed by atoms with van der Waals surface area (Å²) in [4.78, 5) is 2.63. The second kappa shape index (κ2) is 16.6. The van der Waals surface area contributed by atoms with E-state index >= 15 is 0 Å². The number of fused-ring (bicyclic) bond motifs is 36. The standard InChI is InChI=1S/C87H51N/c1-4-22-58-52(19-1)37-46-76-82(58)67-43-40-55(49-79(67)85(76)70-31-13-7-25-61(70)62-26-8-14-32-71(62)85)88(56-41-44-68-80(50-56)86(77-47-38-53-20-2-5-23-59(53)83(68)77)72-33-15-9-27-63(72)64-28-10-16-34-73(64)86)57-42-45-69-81(51-57)87(78-48-39-54-21-3-6-24-60(54)84(69)78)74-35-17-11-29-65(74)66-30-12-18-36-75(66)87/h1-51H. The molecule has 6 aliphatic carbocycles. The first-order valence-electron chi connectivity index (χ1n) is 31.1. The van der Waals surface area contributed by atoms with Gasteiger partial charge in [-0.05, 0) is 202 Å². The zero-order valence-corrected chi connectivity index (χ0v) is 47.9. The van der Waals surface area contributed by atoms with E-state index in [1.807, 2.05) is 0 Å². The minimum absolute atomic E-state index is 0.576. The number of anilines is 3. The molecule has 0 fully saturated rings. The molecule has 0 radical (unpaired) electrons. The summed E-state index contributed by atoms with van der Waals surface area (Å²) in [7, 11) is 0.